The Morgan fingerprint density at radius 1 is 1.24 bits per heavy atom. The topological polar surface area (TPSA) is 100 Å². The summed E-state index contributed by atoms with van der Waals surface area (Å²) < 4.78 is 0. The van der Waals surface area contributed by atoms with Gasteiger partial charge in [0, 0.05) is 11.3 Å². The predicted molar refractivity (Wildman–Crippen MR) is 95.4 cm³/mol. The van der Waals surface area contributed by atoms with Crippen molar-refractivity contribution in [1.29, 1.82) is 0 Å². The highest BCUT2D eigenvalue weighted by atomic mass is 32.1. The molecule has 0 saturated carbocycles. The quantitative estimate of drug-likeness (QED) is 0.749. The lowest BCUT2D eigenvalue weighted by Crippen LogP contribution is -2.45. The number of aryl methyl sites for hydroxylation is 1. The van der Waals surface area contributed by atoms with E-state index < -0.39 is 12.1 Å². The highest BCUT2D eigenvalue weighted by molar-refractivity contribution is 7.15. The number of thiazole rings is 1. The average molecular weight is 364 g/mol. The molecule has 25 heavy (non-hydrogen) atoms. The highest BCUT2D eigenvalue weighted by Gasteiger charge is 2.31. The number of hydrogen-bond acceptors (Lipinski definition) is 5. The number of nitrogens with one attached hydrogen (secondary N) is 3. The molecule has 2 heterocycles. The van der Waals surface area contributed by atoms with Crippen molar-refractivity contribution in [3.8, 4) is 0 Å². The molecule has 1 saturated heterocycles. The number of hydrogen-bond donors (Lipinski definition) is 3. The lowest BCUT2D eigenvalue weighted by molar-refractivity contribution is -0.120. The van der Waals surface area contributed by atoms with Gasteiger partial charge in [-0.25, -0.2) is 9.78 Å². The molecule has 0 aromatic carbocycles. The van der Waals surface area contributed by atoms with Crippen LogP contribution in [0.1, 0.15) is 50.6 Å². The van der Waals surface area contributed by atoms with Crippen LogP contribution in [0.2, 0.25) is 0 Å². The molecule has 8 heteroatoms. The van der Waals surface area contributed by atoms with E-state index in [4.69, 9.17) is 0 Å². The Morgan fingerprint density at radius 2 is 2.00 bits per heavy atom. The SMILES string of the molecule is CC(C)(C)[C@@H]1CCc2nc(NC(=O)[C@@H]3CCC(=O)NC(=O)N3)sc2C1. The summed E-state index contributed by atoms with van der Waals surface area (Å²) in [4.78, 5) is 41.1. The van der Waals surface area contributed by atoms with Gasteiger partial charge in [-0.15, -0.1) is 11.3 Å². The predicted octanol–water partition coefficient (Wildman–Crippen LogP) is 2.22. The summed E-state index contributed by atoms with van der Waals surface area (Å²) in [5, 5.41) is 8.05. The first-order valence-corrected chi connectivity index (χ1v) is 9.44. The molecule has 136 valence electrons. The summed E-state index contributed by atoms with van der Waals surface area (Å²) >= 11 is 1.52. The minimum absolute atomic E-state index is 0.137. The maximum atomic E-state index is 12.4. The molecule has 2 atom stereocenters. The Morgan fingerprint density at radius 3 is 2.72 bits per heavy atom. The van der Waals surface area contributed by atoms with Crippen LogP contribution in [-0.2, 0) is 22.4 Å². The van der Waals surface area contributed by atoms with E-state index in [-0.39, 0.29) is 30.1 Å². The highest BCUT2D eigenvalue weighted by Crippen LogP contribution is 2.40. The van der Waals surface area contributed by atoms with Gasteiger partial charge in [0.15, 0.2) is 5.13 Å². The number of rotatable bonds is 2. The summed E-state index contributed by atoms with van der Waals surface area (Å²) in [6.45, 7) is 6.78. The largest absolute Gasteiger partial charge is 0.326 e. The lowest BCUT2D eigenvalue weighted by atomic mass is 9.73. The molecule has 4 amide bonds. The van der Waals surface area contributed by atoms with Crippen molar-refractivity contribution in [3.63, 3.8) is 0 Å². The molecule has 7 nitrogen and oxygen atoms in total. The van der Waals surface area contributed by atoms with Crippen molar-refractivity contribution >= 4 is 34.3 Å². The zero-order valence-electron chi connectivity index (χ0n) is 14.8. The number of amides is 4. The summed E-state index contributed by atoms with van der Waals surface area (Å²) in [5.41, 5.74) is 1.33. The number of aromatic nitrogens is 1. The van der Waals surface area contributed by atoms with Crippen molar-refractivity contribution in [2.24, 2.45) is 11.3 Å². The van der Waals surface area contributed by atoms with E-state index >= 15 is 0 Å². The van der Waals surface area contributed by atoms with E-state index in [1.165, 1.54) is 16.2 Å². The molecule has 2 aliphatic rings. The van der Waals surface area contributed by atoms with Crippen LogP contribution in [0.3, 0.4) is 0 Å². The van der Waals surface area contributed by atoms with Gasteiger partial charge in [0.25, 0.3) is 0 Å². The fourth-order valence-corrected chi connectivity index (χ4v) is 4.38. The van der Waals surface area contributed by atoms with Crippen LogP contribution in [0.5, 0.6) is 0 Å². The molecular formula is C17H24N4O3S. The van der Waals surface area contributed by atoms with Crippen molar-refractivity contribution in [3.05, 3.63) is 10.6 Å². The van der Waals surface area contributed by atoms with Gasteiger partial charge in [-0.05, 0) is 37.0 Å². The van der Waals surface area contributed by atoms with Crippen LogP contribution in [0.15, 0.2) is 0 Å². The van der Waals surface area contributed by atoms with Gasteiger partial charge in [0.1, 0.15) is 6.04 Å². The molecule has 0 unspecified atom stereocenters. The smallest absolute Gasteiger partial charge is 0.322 e. The Bertz CT molecular complexity index is 707. The number of carbonyl (C=O) groups is 3. The Balaban J connectivity index is 1.66. The summed E-state index contributed by atoms with van der Waals surface area (Å²) in [5.74, 6) is -0.0868. The average Bonchev–Trinajstić information content (AvgIpc) is 2.82. The molecule has 1 aromatic rings. The monoisotopic (exact) mass is 364 g/mol. The molecular weight excluding hydrogens is 340 g/mol. The van der Waals surface area contributed by atoms with Crippen LogP contribution in [0.4, 0.5) is 9.93 Å². The minimum atomic E-state index is -0.727. The Labute approximate surface area is 151 Å². The van der Waals surface area contributed by atoms with Gasteiger partial charge < -0.3 is 10.6 Å². The Hall–Kier alpha value is -1.96. The number of fused-ring (bicyclic) bond motifs is 1. The van der Waals surface area contributed by atoms with Crippen LogP contribution >= 0.6 is 11.3 Å². The van der Waals surface area contributed by atoms with Crippen molar-refractivity contribution in [2.75, 3.05) is 5.32 Å². The fourth-order valence-electron chi connectivity index (χ4n) is 3.29. The van der Waals surface area contributed by atoms with Gasteiger partial charge in [-0.1, -0.05) is 20.8 Å². The van der Waals surface area contributed by atoms with Gasteiger partial charge in [0.05, 0.1) is 5.69 Å². The summed E-state index contributed by atoms with van der Waals surface area (Å²) in [6, 6.07) is -1.36. The lowest BCUT2D eigenvalue weighted by Gasteiger charge is -2.33. The van der Waals surface area contributed by atoms with Gasteiger partial charge in [-0.3, -0.25) is 14.9 Å². The Kier molecular flexibility index (Phi) is 4.81. The summed E-state index contributed by atoms with van der Waals surface area (Å²) in [6.07, 6.45) is 3.45. The summed E-state index contributed by atoms with van der Waals surface area (Å²) in [7, 11) is 0. The first-order chi connectivity index (χ1) is 11.7. The molecule has 1 aliphatic carbocycles. The van der Waals surface area contributed by atoms with Crippen molar-refractivity contribution < 1.29 is 14.4 Å². The van der Waals surface area contributed by atoms with E-state index in [1.807, 2.05) is 0 Å². The van der Waals surface area contributed by atoms with Crippen molar-refractivity contribution in [2.45, 2.75) is 58.9 Å². The minimum Gasteiger partial charge on any atom is -0.326 e. The molecule has 0 spiro atoms. The van der Waals surface area contributed by atoms with Gasteiger partial charge in [-0.2, -0.15) is 0 Å². The zero-order valence-corrected chi connectivity index (χ0v) is 15.6. The number of carbonyl (C=O) groups excluding carboxylic acids is 3. The second-order valence-corrected chi connectivity index (χ2v) is 8.88. The van der Waals surface area contributed by atoms with Gasteiger partial charge in [0.2, 0.25) is 11.8 Å². The van der Waals surface area contributed by atoms with E-state index in [0.29, 0.717) is 11.0 Å². The third kappa shape index (κ3) is 4.18. The molecule has 1 aromatic heterocycles. The maximum Gasteiger partial charge on any atom is 0.322 e. The van der Waals surface area contributed by atoms with E-state index in [0.717, 1.165) is 25.0 Å². The van der Waals surface area contributed by atoms with Crippen LogP contribution in [0, 0.1) is 11.3 Å². The molecule has 0 bridgehead atoms. The molecule has 1 fully saturated rings. The number of imide groups is 1. The number of urea groups is 1. The number of nitrogens with zero attached hydrogens (tertiary/aromatic N) is 1. The van der Waals surface area contributed by atoms with E-state index in [1.54, 1.807) is 0 Å². The van der Waals surface area contributed by atoms with Crippen LogP contribution in [0.25, 0.3) is 0 Å². The molecule has 1 aliphatic heterocycles. The molecule has 3 rings (SSSR count). The first-order valence-electron chi connectivity index (χ1n) is 8.62. The second kappa shape index (κ2) is 6.74. The van der Waals surface area contributed by atoms with Crippen LogP contribution in [-0.4, -0.2) is 28.9 Å². The van der Waals surface area contributed by atoms with E-state index in [9.17, 15) is 14.4 Å². The third-order valence-corrected chi connectivity index (χ3v) is 5.96. The van der Waals surface area contributed by atoms with E-state index in [2.05, 4.69) is 41.7 Å². The fraction of sp³-hybridized carbons (Fsp3) is 0.647. The van der Waals surface area contributed by atoms with Crippen LogP contribution < -0.4 is 16.0 Å². The first kappa shape index (κ1) is 17.8. The second-order valence-electron chi connectivity index (χ2n) is 7.80. The van der Waals surface area contributed by atoms with Gasteiger partial charge >= 0.3 is 6.03 Å². The zero-order chi connectivity index (χ0) is 18.2. The maximum absolute atomic E-state index is 12.4. The number of anilines is 1. The molecule has 3 N–H and O–H groups in total. The normalized spacial score (nSPS) is 24.0. The molecule has 0 radical (unpaired) electrons. The van der Waals surface area contributed by atoms with Crippen molar-refractivity contribution in [1.82, 2.24) is 15.6 Å². The standard InChI is InChI=1S/C17H24N4O3S/c1-17(2,3)9-4-5-10-12(8-9)25-16(19-10)21-14(23)11-6-7-13(22)20-15(24)18-11/h9,11H,4-8H2,1-3H3,(H,19,21,23)(H2,18,20,22,24)/t9-,11+/m1/s1. The third-order valence-electron chi connectivity index (χ3n) is 4.93.